The Morgan fingerprint density at radius 2 is 2.00 bits per heavy atom. The Hall–Kier alpha value is -1.40. The fourth-order valence-electron chi connectivity index (χ4n) is 1.81. The molecule has 2 aromatic rings. The maximum Gasteiger partial charge on any atom is 0.416 e. The lowest BCUT2D eigenvalue weighted by atomic mass is 10.0. The number of nitrogens with one attached hydrogen (secondary N) is 1. The monoisotopic (exact) mass is 286 g/mol. The Kier molecular flexibility index (Phi) is 4.21. The van der Waals surface area contributed by atoms with Crippen molar-refractivity contribution in [2.75, 3.05) is 7.05 Å². The van der Waals surface area contributed by atoms with Crippen LogP contribution in [-0.2, 0) is 19.1 Å². The summed E-state index contributed by atoms with van der Waals surface area (Å²) < 4.78 is 38.6. The molecule has 0 unspecified atom stereocenters. The van der Waals surface area contributed by atoms with Gasteiger partial charge in [0.15, 0.2) is 0 Å². The standard InChI is InChI=1S/C13H13F3N2S/c1-17-7-10-8-19-12(18-10)6-9-4-2-3-5-11(9)13(14,15)16/h2-5,8,17H,6-7H2,1H3. The molecule has 19 heavy (non-hydrogen) atoms. The summed E-state index contributed by atoms with van der Waals surface area (Å²) in [6.07, 6.45) is -4.11. The highest BCUT2D eigenvalue weighted by Gasteiger charge is 2.32. The molecule has 2 rings (SSSR count). The van der Waals surface area contributed by atoms with Gasteiger partial charge in [-0.3, -0.25) is 0 Å². The van der Waals surface area contributed by atoms with Crippen molar-refractivity contribution in [3.63, 3.8) is 0 Å². The predicted octanol–water partition coefficient (Wildman–Crippen LogP) is 3.47. The molecular weight excluding hydrogens is 273 g/mol. The first-order chi connectivity index (χ1) is 9.00. The van der Waals surface area contributed by atoms with Crippen molar-refractivity contribution in [3.8, 4) is 0 Å². The van der Waals surface area contributed by atoms with Crippen LogP contribution in [0.3, 0.4) is 0 Å². The second kappa shape index (κ2) is 5.71. The predicted molar refractivity (Wildman–Crippen MR) is 69.1 cm³/mol. The molecule has 6 heteroatoms. The molecule has 1 heterocycles. The maximum absolute atomic E-state index is 12.9. The summed E-state index contributed by atoms with van der Waals surface area (Å²) in [5, 5.41) is 5.52. The van der Waals surface area contributed by atoms with Crippen LogP contribution >= 0.6 is 11.3 Å². The van der Waals surface area contributed by atoms with Gasteiger partial charge in [0.1, 0.15) is 0 Å². The Morgan fingerprint density at radius 1 is 1.26 bits per heavy atom. The lowest BCUT2D eigenvalue weighted by Crippen LogP contribution is -2.09. The van der Waals surface area contributed by atoms with Crippen molar-refractivity contribution in [2.24, 2.45) is 0 Å². The molecule has 1 N–H and O–H groups in total. The summed E-state index contributed by atoms with van der Waals surface area (Å²) in [6.45, 7) is 0.622. The summed E-state index contributed by atoms with van der Waals surface area (Å²) >= 11 is 1.39. The highest BCUT2D eigenvalue weighted by atomic mass is 32.1. The molecule has 0 aliphatic heterocycles. The number of alkyl halides is 3. The fraction of sp³-hybridized carbons (Fsp3) is 0.308. The van der Waals surface area contributed by atoms with Gasteiger partial charge in [-0.2, -0.15) is 13.2 Å². The van der Waals surface area contributed by atoms with Gasteiger partial charge < -0.3 is 5.32 Å². The first-order valence-electron chi connectivity index (χ1n) is 5.73. The van der Waals surface area contributed by atoms with Crippen LogP contribution in [0.1, 0.15) is 21.8 Å². The van der Waals surface area contributed by atoms with E-state index in [0.29, 0.717) is 11.6 Å². The number of hydrogen-bond acceptors (Lipinski definition) is 3. The fourth-order valence-corrected chi connectivity index (χ4v) is 2.62. The van der Waals surface area contributed by atoms with E-state index in [9.17, 15) is 13.2 Å². The molecule has 102 valence electrons. The zero-order valence-corrected chi connectivity index (χ0v) is 11.1. The number of nitrogens with zero attached hydrogens (tertiary/aromatic N) is 1. The highest BCUT2D eigenvalue weighted by molar-refractivity contribution is 7.09. The zero-order valence-electron chi connectivity index (χ0n) is 10.3. The molecule has 0 aliphatic carbocycles. The van der Waals surface area contributed by atoms with Gasteiger partial charge in [-0.15, -0.1) is 11.3 Å². The minimum Gasteiger partial charge on any atom is -0.314 e. The molecule has 1 aromatic heterocycles. The van der Waals surface area contributed by atoms with Crippen LogP contribution in [-0.4, -0.2) is 12.0 Å². The molecule has 0 saturated carbocycles. The summed E-state index contributed by atoms with van der Waals surface area (Å²) in [6, 6.07) is 5.63. The number of rotatable bonds is 4. The van der Waals surface area contributed by atoms with Gasteiger partial charge in [-0.25, -0.2) is 4.98 Å². The van der Waals surface area contributed by atoms with Crippen molar-refractivity contribution < 1.29 is 13.2 Å². The van der Waals surface area contributed by atoms with Crippen molar-refractivity contribution in [3.05, 3.63) is 51.5 Å². The van der Waals surface area contributed by atoms with Gasteiger partial charge in [0.25, 0.3) is 0 Å². The second-order valence-corrected chi connectivity index (χ2v) is 5.04. The number of hydrogen-bond donors (Lipinski definition) is 1. The largest absolute Gasteiger partial charge is 0.416 e. The van der Waals surface area contributed by atoms with Crippen LogP contribution in [0.25, 0.3) is 0 Å². The molecule has 2 nitrogen and oxygen atoms in total. The lowest BCUT2D eigenvalue weighted by molar-refractivity contribution is -0.138. The SMILES string of the molecule is CNCc1csc(Cc2ccccc2C(F)(F)F)n1. The molecule has 0 fully saturated rings. The molecule has 0 saturated heterocycles. The summed E-state index contributed by atoms with van der Waals surface area (Å²) in [5.41, 5.74) is 0.535. The Balaban J connectivity index is 2.23. The van der Waals surface area contributed by atoms with Gasteiger partial charge in [-0.05, 0) is 18.7 Å². The Labute approximate surface area is 113 Å². The third-order valence-electron chi connectivity index (χ3n) is 2.62. The zero-order chi connectivity index (χ0) is 13.9. The number of thiazole rings is 1. The first kappa shape index (κ1) is 14.0. The maximum atomic E-state index is 12.9. The minimum atomic E-state index is -4.32. The van der Waals surface area contributed by atoms with Crippen molar-refractivity contribution >= 4 is 11.3 Å². The van der Waals surface area contributed by atoms with Crippen molar-refractivity contribution in [2.45, 2.75) is 19.1 Å². The van der Waals surface area contributed by atoms with E-state index in [-0.39, 0.29) is 12.0 Å². The molecule has 0 bridgehead atoms. The summed E-state index contributed by atoms with van der Waals surface area (Å²) in [7, 11) is 1.80. The molecule has 0 atom stereocenters. The Bertz CT molecular complexity index is 549. The van der Waals surface area contributed by atoms with E-state index in [0.717, 1.165) is 11.8 Å². The van der Waals surface area contributed by atoms with E-state index in [1.165, 1.54) is 23.5 Å². The van der Waals surface area contributed by atoms with Gasteiger partial charge in [0.05, 0.1) is 16.3 Å². The van der Waals surface area contributed by atoms with Crippen LogP contribution < -0.4 is 5.32 Å². The topological polar surface area (TPSA) is 24.9 Å². The highest BCUT2D eigenvalue weighted by Crippen LogP contribution is 2.33. The van der Waals surface area contributed by atoms with Gasteiger partial charge in [0, 0.05) is 18.3 Å². The third-order valence-corrected chi connectivity index (χ3v) is 3.52. The second-order valence-electron chi connectivity index (χ2n) is 4.09. The van der Waals surface area contributed by atoms with E-state index < -0.39 is 11.7 Å². The minimum absolute atomic E-state index is 0.212. The smallest absolute Gasteiger partial charge is 0.314 e. The first-order valence-corrected chi connectivity index (χ1v) is 6.61. The average Bonchev–Trinajstić information content (AvgIpc) is 2.76. The van der Waals surface area contributed by atoms with Crippen molar-refractivity contribution in [1.82, 2.24) is 10.3 Å². The van der Waals surface area contributed by atoms with E-state index in [1.54, 1.807) is 13.1 Å². The van der Waals surface area contributed by atoms with E-state index in [1.807, 2.05) is 5.38 Å². The molecule has 0 amide bonds. The molecule has 0 aliphatic rings. The van der Waals surface area contributed by atoms with Gasteiger partial charge in [0.2, 0.25) is 0 Å². The normalized spacial score (nSPS) is 11.8. The lowest BCUT2D eigenvalue weighted by Gasteiger charge is -2.11. The Morgan fingerprint density at radius 3 is 2.68 bits per heavy atom. The average molecular weight is 286 g/mol. The molecule has 0 spiro atoms. The summed E-state index contributed by atoms with van der Waals surface area (Å²) in [4.78, 5) is 4.31. The van der Waals surface area contributed by atoms with E-state index in [4.69, 9.17) is 0 Å². The van der Waals surface area contributed by atoms with Crippen LogP contribution in [0.2, 0.25) is 0 Å². The van der Waals surface area contributed by atoms with Crippen LogP contribution in [0.4, 0.5) is 13.2 Å². The molecule has 0 radical (unpaired) electrons. The van der Waals surface area contributed by atoms with E-state index in [2.05, 4.69) is 10.3 Å². The number of benzene rings is 1. The van der Waals surface area contributed by atoms with Crippen LogP contribution in [0.15, 0.2) is 29.6 Å². The van der Waals surface area contributed by atoms with Crippen LogP contribution in [0, 0.1) is 0 Å². The van der Waals surface area contributed by atoms with Crippen LogP contribution in [0.5, 0.6) is 0 Å². The molecule has 1 aromatic carbocycles. The van der Waals surface area contributed by atoms with E-state index >= 15 is 0 Å². The molecular formula is C13H13F3N2S. The quantitative estimate of drug-likeness (QED) is 0.931. The van der Waals surface area contributed by atoms with Gasteiger partial charge >= 0.3 is 6.18 Å². The number of aromatic nitrogens is 1. The number of halogens is 3. The third kappa shape index (κ3) is 3.54. The van der Waals surface area contributed by atoms with Gasteiger partial charge in [-0.1, -0.05) is 18.2 Å². The van der Waals surface area contributed by atoms with Crippen molar-refractivity contribution in [1.29, 1.82) is 0 Å². The summed E-state index contributed by atoms with van der Waals surface area (Å²) in [5.74, 6) is 0.